The van der Waals surface area contributed by atoms with Crippen LogP contribution in [0.3, 0.4) is 0 Å². The van der Waals surface area contributed by atoms with E-state index in [0.29, 0.717) is 6.54 Å². The number of aliphatic imine (C=N–C) groups is 1. The van der Waals surface area contributed by atoms with Gasteiger partial charge in [0.05, 0.1) is 0 Å². The Hall–Kier alpha value is -1.65. The van der Waals surface area contributed by atoms with Gasteiger partial charge in [-0.3, -0.25) is 10.7 Å². The summed E-state index contributed by atoms with van der Waals surface area (Å²) in [4.78, 5) is 6.01. The van der Waals surface area contributed by atoms with Gasteiger partial charge < -0.3 is 10.6 Å². The summed E-state index contributed by atoms with van der Waals surface area (Å²) in [6.07, 6.45) is 5.13. The molecule has 0 fully saturated rings. The lowest BCUT2D eigenvalue weighted by Crippen LogP contribution is -2.38. The highest BCUT2D eigenvalue weighted by Crippen LogP contribution is 2.19. The van der Waals surface area contributed by atoms with Gasteiger partial charge in [0.1, 0.15) is 0 Å². The number of nitrogens with zero attached hydrogens (tertiary/aromatic N) is 2. The van der Waals surface area contributed by atoms with Gasteiger partial charge in [0, 0.05) is 24.6 Å². The predicted molar refractivity (Wildman–Crippen MR) is 62.4 cm³/mol. The van der Waals surface area contributed by atoms with Crippen LogP contribution in [-0.4, -0.2) is 12.5 Å². The van der Waals surface area contributed by atoms with Crippen molar-refractivity contribution in [2.75, 3.05) is 4.90 Å². The molecule has 1 aromatic rings. The Labute approximate surface area is 88.9 Å². The first kappa shape index (κ1) is 9.89. The number of hydrogen-bond acceptors (Lipinski definition) is 4. The predicted octanol–water partition coefficient (Wildman–Crippen LogP) is 0.792. The van der Waals surface area contributed by atoms with Gasteiger partial charge in [-0.25, -0.2) is 0 Å². The Balaban J connectivity index is 2.28. The van der Waals surface area contributed by atoms with E-state index in [1.54, 1.807) is 6.21 Å². The van der Waals surface area contributed by atoms with Crippen LogP contribution in [0.1, 0.15) is 5.56 Å². The molecule has 0 saturated heterocycles. The maximum absolute atomic E-state index is 5.85. The van der Waals surface area contributed by atoms with Crippen LogP contribution in [-0.2, 0) is 6.54 Å². The van der Waals surface area contributed by atoms with E-state index in [1.807, 2.05) is 41.4 Å². The molecule has 0 bridgehead atoms. The lowest BCUT2D eigenvalue weighted by atomic mass is 10.2. The van der Waals surface area contributed by atoms with Crippen molar-refractivity contribution in [3.63, 3.8) is 0 Å². The summed E-state index contributed by atoms with van der Waals surface area (Å²) in [7, 11) is 0. The Morgan fingerprint density at radius 3 is 3.00 bits per heavy atom. The first-order valence-electron chi connectivity index (χ1n) is 4.84. The van der Waals surface area contributed by atoms with Crippen molar-refractivity contribution < 1.29 is 0 Å². The van der Waals surface area contributed by atoms with Crippen LogP contribution in [0.15, 0.2) is 41.5 Å². The van der Waals surface area contributed by atoms with Gasteiger partial charge in [-0.15, -0.1) is 0 Å². The number of hydrogen-bond donors (Lipinski definition) is 2. The summed E-state index contributed by atoms with van der Waals surface area (Å²) in [5.74, 6) is 0. The van der Waals surface area contributed by atoms with Crippen LogP contribution < -0.4 is 16.4 Å². The van der Waals surface area contributed by atoms with Crippen molar-refractivity contribution in [3.8, 4) is 0 Å². The molecule has 2 rings (SSSR count). The van der Waals surface area contributed by atoms with Gasteiger partial charge in [-0.05, 0) is 23.8 Å². The average molecular weight is 202 g/mol. The normalized spacial score (nSPS) is 19.6. The number of allylic oxidation sites excluding steroid dienone is 1. The molecule has 1 aliphatic heterocycles. The second-order valence-corrected chi connectivity index (χ2v) is 3.33. The highest BCUT2D eigenvalue weighted by atomic mass is 15.3. The van der Waals surface area contributed by atoms with Crippen LogP contribution in [0.25, 0.3) is 0 Å². The fraction of sp³-hybridized carbons (Fsp3) is 0.182. The van der Waals surface area contributed by atoms with E-state index in [-0.39, 0.29) is 6.29 Å². The van der Waals surface area contributed by atoms with Gasteiger partial charge >= 0.3 is 0 Å². The molecule has 0 aromatic heterocycles. The molecule has 0 amide bonds. The van der Waals surface area contributed by atoms with E-state index < -0.39 is 0 Å². The SMILES string of the molecule is NCc1cccc(N2C=CC=NC2N)c1. The fourth-order valence-corrected chi connectivity index (χ4v) is 1.51. The second kappa shape index (κ2) is 4.25. The average Bonchev–Trinajstić information content (AvgIpc) is 2.30. The zero-order valence-electron chi connectivity index (χ0n) is 8.38. The smallest absolute Gasteiger partial charge is 0.177 e. The van der Waals surface area contributed by atoms with Crippen molar-refractivity contribution in [2.24, 2.45) is 16.5 Å². The molecular formula is C11H14N4. The zero-order valence-corrected chi connectivity index (χ0v) is 8.38. The van der Waals surface area contributed by atoms with Gasteiger partial charge in [0.2, 0.25) is 0 Å². The quantitative estimate of drug-likeness (QED) is 0.745. The summed E-state index contributed by atoms with van der Waals surface area (Å²) in [5.41, 5.74) is 13.5. The van der Waals surface area contributed by atoms with Crippen LogP contribution in [0.2, 0.25) is 0 Å². The van der Waals surface area contributed by atoms with Gasteiger partial charge in [-0.1, -0.05) is 12.1 Å². The number of anilines is 1. The molecule has 1 aromatic carbocycles. The van der Waals surface area contributed by atoms with Crippen molar-refractivity contribution in [1.82, 2.24) is 0 Å². The van der Waals surface area contributed by atoms with Crippen molar-refractivity contribution in [3.05, 3.63) is 42.1 Å². The molecule has 0 spiro atoms. The van der Waals surface area contributed by atoms with Gasteiger partial charge in [-0.2, -0.15) is 0 Å². The number of benzene rings is 1. The largest absolute Gasteiger partial charge is 0.326 e. The molecule has 1 unspecified atom stereocenters. The molecule has 0 radical (unpaired) electrons. The van der Waals surface area contributed by atoms with Crippen LogP contribution in [0.4, 0.5) is 5.69 Å². The van der Waals surface area contributed by atoms with Crippen molar-refractivity contribution >= 4 is 11.9 Å². The van der Waals surface area contributed by atoms with E-state index in [2.05, 4.69) is 4.99 Å². The minimum Gasteiger partial charge on any atom is -0.326 e. The lowest BCUT2D eigenvalue weighted by Gasteiger charge is -2.26. The Bertz CT molecular complexity index is 397. The summed E-state index contributed by atoms with van der Waals surface area (Å²) in [5, 5.41) is 0. The van der Waals surface area contributed by atoms with Crippen LogP contribution in [0, 0.1) is 0 Å². The topological polar surface area (TPSA) is 67.6 Å². The first-order valence-corrected chi connectivity index (χ1v) is 4.84. The zero-order chi connectivity index (χ0) is 10.7. The minimum absolute atomic E-state index is 0.344. The third kappa shape index (κ3) is 2.06. The molecular weight excluding hydrogens is 188 g/mol. The Morgan fingerprint density at radius 2 is 2.27 bits per heavy atom. The Morgan fingerprint density at radius 1 is 1.40 bits per heavy atom. The monoisotopic (exact) mass is 202 g/mol. The van der Waals surface area contributed by atoms with Crippen molar-refractivity contribution in [1.29, 1.82) is 0 Å². The summed E-state index contributed by atoms with van der Waals surface area (Å²) in [6, 6.07) is 7.97. The summed E-state index contributed by atoms with van der Waals surface area (Å²) < 4.78 is 0. The third-order valence-electron chi connectivity index (χ3n) is 2.30. The van der Waals surface area contributed by atoms with E-state index in [9.17, 15) is 0 Å². The highest BCUT2D eigenvalue weighted by molar-refractivity contribution is 5.74. The molecule has 0 saturated carbocycles. The van der Waals surface area contributed by atoms with Gasteiger partial charge in [0.25, 0.3) is 0 Å². The number of nitrogens with two attached hydrogens (primary N) is 2. The molecule has 4 nitrogen and oxygen atoms in total. The molecule has 1 heterocycles. The summed E-state index contributed by atoms with van der Waals surface area (Å²) in [6.45, 7) is 0.532. The second-order valence-electron chi connectivity index (χ2n) is 3.33. The standard InChI is InChI=1S/C11H14N4/c12-8-9-3-1-4-10(7-9)15-6-2-5-14-11(15)13/h1-7,11H,8,12-13H2. The minimum atomic E-state index is -0.344. The van der Waals surface area contributed by atoms with E-state index in [1.165, 1.54) is 0 Å². The van der Waals surface area contributed by atoms with Crippen LogP contribution in [0.5, 0.6) is 0 Å². The molecule has 78 valence electrons. The lowest BCUT2D eigenvalue weighted by molar-refractivity contribution is 0.711. The maximum atomic E-state index is 5.85. The summed E-state index contributed by atoms with van der Waals surface area (Å²) >= 11 is 0. The Kier molecular flexibility index (Phi) is 2.80. The van der Waals surface area contributed by atoms with Gasteiger partial charge in [0.15, 0.2) is 6.29 Å². The number of rotatable bonds is 2. The maximum Gasteiger partial charge on any atom is 0.177 e. The highest BCUT2D eigenvalue weighted by Gasteiger charge is 2.12. The fourth-order valence-electron chi connectivity index (χ4n) is 1.51. The first-order chi connectivity index (χ1) is 7.31. The third-order valence-corrected chi connectivity index (χ3v) is 2.30. The molecule has 15 heavy (non-hydrogen) atoms. The molecule has 1 aliphatic rings. The van der Waals surface area contributed by atoms with Crippen LogP contribution >= 0.6 is 0 Å². The molecule has 4 heteroatoms. The molecule has 4 N–H and O–H groups in total. The van der Waals surface area contributed by atoms with E-state index in [4.69, 9.17) is 11.5 Å². The van der Waals surface area contributed by atoms with Crippen molar-refractivity contribution in [2.45, 2.75) is 12.8 Å². The van der Waals surface area contributed by atoms with E-state index >= 15 is 0 Å². The molecule has 1 atom stereocenters. The molecule has 0 aliphatic carbocycles. The van der Waals surface area contributed by atoms with E-state index in [0.717, 1.165) is 11.3 Å².